The van der Waals surface area contributed by atoms with Gasteiger partial charge in [-0.25, -0.2) is 0 Å². The summed E-state index contributed by atoms with van der Waals surface area (Å²) < 4.78 is 13.4. The SMILES string of the molecule is O=C(Cc1ccsc1F)C1=CCN(Cc2ccccc2)CC1. The first-order chi connectivity index (χ1) is 10.7. The molecule has 0 amide bonds. The molecule has 0 saturated heterocycles. The van der Waals surface area contributed by atoms with Gasteiger partial charge in [-0.2, -0.15) is 4.39 Å². The molecule has 0 spiro atoms. The van der Waals surface area contributed by atoms with Crippen LogP contribution in [-0.4, -0.2) is 23.8 Å². The smallest absolute Gasteiger partial charge is 0.180 e. The van der Waals surface area contributed by atoms with Gasteiger partial charge in [0.25, 0.3) is 0 Å². The highest BCUT2D eigenvalue weighted by Crippen LogP contribution is 2.19. The average molecular weight is 315 g/mol. The Morgan fingerprint density at radius 2 is 2.05 bits per heavy atom. The number of benzene rings is 1. The number of thiophene rings is 1. The number of Topliss-reactive ketones (excluding diaryl/α,β-unsaturated/α-hetero) is 1. The fraction of sp³-hybridized carbons (Fsp3) is 0.278. The van der Waals surface area contributed by atoms with Crippen LogP contribution in [0.4, 0.5) is 4.39 Å². The van der Waals surface area contributed by atoms with Gasteiger partial charge in [-0.15, -0.1) is 11.3 Å². The van der Waals surface area contributed by atoms with Gasteiger partial charge in [0.05, 0.1) is 0 Å². The lowest BCUT2D eigenvalue weighted by molar-refractivity contribution is -0.115. The first-order valence-electron chi connectivity index (χ1n) is 7.43. The molecule has 2 heterocycles. The minimum atomic E-state index is -0.240. The van der Waals surface area contributed by atoms with Gasteiger partial charge >= 0.3 is 0 Å². The van der Waals surface area contributed by atoms with Crippen LogP contribution in [0.1, 0.15) is 17.5 Å². The summed E-state index contributed by atoms with van der Waals surface area (Å²) in [5, 5.41) is 1.45. The molecule has 0 bridgehead atoms. The van der Waals surface area contributed by atoms with Gasteiger partial charge in [0, 0.05) is 31.6 Å². The number of carbonyl (C=O) groups is 1. The molecular weight excluding hydrogens is 297 g/mol. The zero-order valence-corrected chi connectivity index (χ0v) is 13.1. The lowest BCUT2D eigenvalue weighted by Gasteiger charge is -2.25. The van der Waals surface area contributed by atoms with Crippen molar-refractivity contribution < 1.29 is 9.18 Å². The van der Waals surface area contributed by atoms with E-state index in [4.69, 9.17) is 0 Å². The average Bonchev–Trinajstić information content (AvgIpc) is 2.94. The topological polar surface area (TPSA) is 20.3 Å². The van der Waals surface area contributed by atoms with E-state index in [9.17, 15) is 9.18 Å². The van der Waals surface area contributed by atoms with Gasteiger partial charge in [0.15, 0.2) is 10.9 Å². The number of ketones is 1. The highest BCUT2D eigenvalue weighted by atomic mass is 32.1. The normalized spacial score (nSPS) is 15.6. The van der Waals surface area contributed by atoms with E-state index in [0.29, 0.717) is 5.56 Å². The Bertz CT molecular complexity index is 677. The minimum Gasteiger partial charge on any atom is -0.295 e. The van der Waals surface area contributed by atoms with E-state index in [1.165, 1.54) is 5.56 Å². The van der Waals surface area contributed by atoms with E-state index in [2.05, 4.69) is 17.0 Å². The van der Waals surface area contributed by atoms with Crippen molar-refractivity contribution in [3.63, 3.8) is 0 Å². The highest BCUT2D eigenvalue weighted by Gasteiger charge is 2.18. The van der Waals surface area contributed by atoms with Crippen LogP contribution in [0.25, 0.3) is 0 Å². The van der Waals surface area contributed by atoms with Gasteiger partial charge in [-0.05, 0) is 29.0 Å². The highest BCUT2D eigenvalue weighted by molar-refractivity contribution is 7.08. The lowest BCUT2D eigenvalue weighted by Crippen LogP contribution is -2.30. The summed E-state index contributed by atoms with van der Waals surface area (Å²) in [6.45, 7) is 2.55. The Hall–Kier alpha value is -1.78. The number of halogens is 1. The Labute approximate surface area is 133 Å². The molecule has 0 unspecified atom stereocenters. The Kier molecular flexibility index (Phi) is 4.80. The van der Waals surface area contributed by atoms with Crippen LogP contribution in [0.3, 0.4) is 0 Å². The van der Waals surface area contributed by atoms with Crippen molar-refractivity contribution in [1.82, 2.24) is 4.90 Å². The largest absolute Gasteiger partial charge is 0.295 e. The van der Waals surface area contributed by atoms with Gasteiger partial charge in [-0.1, -0.05) is 36.4 Å². The minimum absolute atomic E-state index is 0.0525. The van der Waals surface area contributed by atoms with Crippen molar-refractivity contribution in [2.45, 2.75) is 19.4 Å². The summed E-state index contributed by atoms with van der Waals surface area (Å²) in [6.07, 6.45) is 2.93. The van der Waals surface area contributed by atoms with E-state index < -0.39 is 0 Å². The summed E-state index contributed by atoms with van der Waals surface area (Å²) in [6, 6.07) is 12.0. The van der Waals surface area contributed by atoms with Crippen molar-refractivity contribution in [2.24, 2.45) is 0 Å². The summed E-state index contributed by atoms with van der Waals surface area (Å²) in [5.74, 6) is 0.0525. The van der Waals surface area contributed by atoms with Crippen LogP contribution >= 0.6 is 11.3 Å². The van der Waals surface area contributed by atoms with Gasteiger partial charge < -0.3 is 0 Å². The molecule has 0 radical (unpaired) electrons. The Morgan fingerprint density at radius 3 is 2.68 bits per heavy atom. The van der Waals surface area contributed by atoms with Crippen molar-refractivity contribution in [1.29, 1.82) is 0 Å². The second-order valence-corrected chi connectivity index (χ2v) is 6.39. The molecule has 0 N–H and O–H groups in total. The van der Waals surface area contributed by atoms with Gasteiger partial charge in [-0.3, -0.25) is 9.69 Å². The number of carbonyl (C=O) groups excluding carboxylic acids is 1. The van der Waals surface area contributed by atoms with E-state index in [0.717, 1.165) is 43.0 Å². The molecule has 0 atom stereocenters. The predicted molar refractivity (Wildman–Crippen MR) is 87.4 cm³/mol. The van der Waals surface area contributed by atoms with E-state index in [1.807, 2.05) is 24.3 Å². The zero-order valence-electron chi connectivity index (χ0n) is 12.3. The maximum absolute atomic E-state index is 13.4. The molecular formula is C18H18FNOS. The molecule has 1 aliphatic rings. The fourth-order valence-electron chi connectivity index (χ4n) is 2.68. The van der Waals surface area contributed by atoms with Crippen LogP contribution in [0.2, 0.25) is 0 Å². The molecule has 4 heteroatoms. The van der Waals surface area contributed by atoms with Crippen molar-refractivity contribution in [2.75, 3.05) is 13.1 Å². The van der Waals surface area contributed by atoms with Crippen LogP contribution in [-0.2, 0) is 17.8 Å². The van der Waals surface area contributed by atoms with E-state index in [1.54, 1.807) is 11.4 Å². The van der Waals surface area contributed by atoms with Crippen molar-refractivity contribution in [3.8, 4) is 0 Å². The molecule has 0 aliphatic carbocycles. The molecule has 0 saturated carbocycles. The third-order valence-electron chi connectivity index (χ3n) is 3.94. The molecule has 1 aromatic carbocycles. The number of nitrogens with zero attached hydrogens (tertiary/aromatic N) is 1. The molecule has 1 aliphatic heterocycles. The molecule has 2 nitrogen and oxygen atoms in total. The standard InChI is InChI=1S/C18H18FNOS/c19-18-16(8-11-22-18)12-17(21)15-6-9-20(10-7-15)13-14-4-2-1-3-5-14/h1-6,8,11H,7,9-10,12-13H2. The second-order valence-electron chi connectivity index (χ2n) is 5.52. The second kappa shape index (κ2) is 6.99. The maximum atomic E-state index is 13.4. The molecule has 0 fully saturated rings. The predicted octanol–water partition coefficient (Wildman–Crippen LogP) is 3.83. The van der Waals surface area contributed by atoms with Crippen molar-refractivity contribution >= 4 is 17.1 Å². The van der Waals surface area contributed by atoms with Gasteiger partial charge in [0.2, 0.25) is 0 Å². The molecule has 3 rings (SSSR count). The molecule has 22 heavy (non-hydrogen) atoms. The monoisotopic (exact) mass is 315 g/mol. The van der Waals surface area contributed by atoms with Crippen LogP contribution < -0.4 is 0 Å². The molecule has 2 aromatic rings. The van der Waals surface area contributed by atoms with Crippen LogP contribution in [0.5, 0.6) is 0 Å². The third-order valence-corrected chi connectivity index (χ3v) is 4.69. The zero-order chi connectivity index (χ0) is 15.4. The number of rotatable bonds is 5. The quantitative estimate of drug-likeness (QED) is 0.836. The maximum Gasteiger partial charge on any atom is 0.180 e. The summed E-state index contributed by atoms with van der Waals surface area (Å²) in [5.41, 5.74) is 2.64. The summed E-state index contributed by atoms with van der Waals surface area (Å²) in [7, 11) is 0. The first kappa shape index (κ1) is 15.1. The van der Waals surface area contributed by atoms with Crippen LogP contribution in [0, 0.1) is 5.13 Å². The third kappa shape index (κ3) is 3.70. The number of hydrogen-bond acceptors (Lipinski definition) is 3. The van der Waals surface area contributed by atoms with Crippen molar-refractivity contribution in [3.05, 3.63) is 69.7 Å². The van der Waals surface area contributed by atoms with Crippen LogP contribution in [0.15, 0.2) is 53.4 Å². The lowest BCUT2D eigenvalue weighted by atomic mass is 9.99. The van der Waals surface area contributed by atoms with E-state index >= 15 is 0 Å². The summed E-state index contributed by atoms with van der Waals surface area (Å²) in [4.78, 5) is 14.6. The molecule has 114 valence electrons. The molecule has 1 aromatic heterocycles. The summed E-state index contributed by atoms with van der Waals surface area (Å²) >= 11 is 1.05. The Balaban J connectivity index is 1.57. The van der Waals surface area contributed by atoms with Gasteiger partial charge in [0.1, 0.15) is 0 Å². The first-order valence-corrected chi connectivity index (χ1v) is 8.31. The Morgan fingerprint density at radius 1 is 1.23 bits per heavy atom. The fourth-order valence-corrected chi connectivity index (χ4v) is 3.33. The van der Waals surface area contributed by atoms with E-state index in [-0.39, 0.29) is 17.3 Å². The number of hydrogen-bond donors (Lipinski definition) is 0.